The minimum Gasteiger partial charge on any atom is -0.443 e. The number of aliphatic imine (C=N–C) groups is 1. The Hall–Kier alpha value is -3.25. The lowest BCUT2D eigenvalue weighted by atomic mass is 9.94. The second-order valence-electron chi connectivity index (χ2n) is 10.3. The molecule has 1 saturated heterocycles. The Balaban J connectivity index is 1.96. The van der Waals surface area contributed by atoms with E-state index >= 15 is 0 Å². The van der Waals surface area contributed by atoms with Crippen LogP contribution in [0.25, 0.3) is 0 Å². The van der Waals surface area contributed by atoms with E-state index in [2.05, 4.69) is 9.71 Å². The number of alkyl halides is 2. The van der Waals surface area contributed by atoms with Gasteiger partial charge in [-0.15, -0.1) is 0 Å². The van der Waals surface area contributed by atoms with Crippen LogP contribution in [0.2, 0.25) is 0 Å². The maximum absolute atomic E-state index is 14.9. The van der Waals surface area contributed by atoms with E-state index in [1.54, 1.807) is 45.0 Å². The normalized spacial score (nSPS) is 23.3. The first kappa shape index (κ1) is 26.8. The van der Waals surface area contributed by atoms with E-state index < -0.39 is 64.2 Å². The molecule has 2 amide bonds. The number of carbonyl (C=O) groups excluding carboxylic acids is 2. The molecule has 2 aromatic rings. The molecule has 2 aromatic carbocycles. The van der Waals surface area contributed by atoms with Gasteiger partial charge in [-0.25, -0.2) is 27.7 Å². The zero-order valence-corrected chi connectivity index (χ0v) is 21.8. The molecule has 1 fully saturated rings. The van der Waals surface area contributed by atoms with E-state index in [-0.39, 0.29) is 16.9 Å². The predicted octanol–water partition coefficient (Wildman–Crippen LogP) is 3.88. The van der Waals surface area contributed by atoms with Crippen LogP contribution in [0.3, 0.4) is 0 Å². The van der Waals surface area contributed by atoms with Crippen LogP contribution in [0.4, 0.5) is 18.0 Å². The third-order valence-corrected chi connectivity index (χ3v) is 8.71. The van der Waals surface area contributed by atoms with Crippen LogP contribution in [0.15, 0.2) is 59.6 Å². The van der Waals surface area contributed by atoms with Gasteiger partial charge in [-0.2, -0.15) is 4.90 Å². The van der Waals surface area contributed by atoms with E-state index in [1.165, 1.54) is 37.3 Å². The van der Waals surface area contributed by atoms with Gasteiger partial charge in [0.25, 0.3) is 11.8 Å². The third kappa shape index (κ3) is 5.40. The standard InChI is InChI=1S/C25H29F3N4O4S/c1-23(2,3)36-22(34)32(20(33)17-10-6-5-7-11-17)21-30-24(4,18-12-8-9-13-19(18)26)16-37(35)29-14-25(27,28)15-31(21)37/h5-13,37H,14-16H2,1-4H3,(H,29,35)/t24-/m0/s1. The summed E-state index contributed by atoms with van der Waals surface area (Å²) in [6.45, 7) is 4.25. The number of benzene rings is 2. The minimum absolute atomic E-state index is 0.0396. The lowest BCUT2D eigenvalue weighted by Gasteiger charge is -2.52. The molecular formula is C25H29F3N4O4S. The number of thiol groups is 1. The number of halogens is 3. The maximum Gasteiger partial charge on any atom is 0.424 e. The Morgan fingerprint density at radius 3 is 2.35 bits per heavy atom. The zero-order valence-electron chi connectivity index (χ0n) is 20.9. The molecular weight excluding hydrogens is 509 g/mol. The number of hydrogen-bond acceptors (Lipinski definition) is 5. The molecule has 0 saturated carbocycles. The zero-order chi connectivity index (χ0) is 27.2. The molecule has 2 aliphatic heterocycles. The van der Waals surface area contributed by atoms with Crippen molar-refractivity contribution in [3.8, 4) is 0 Å². The number of nitrogens with one attached hydrogen (secondary N) is 1. The average molecular weight is 539 g/mol. The highest BCUT2D eigenvalue weighted by molar-refractivity contribution is 7.99. The number of rotatable bonds is 2. The van der Waals surface area contributed by atoms with E-state index in [4.69, 9.17) is 4.74 Å². The van der Waals surface area contributed by atoms with Crippen molar-refractivity contribution in [3.05, 3.63) is 71.5 Å². The van der Waals surface area contributed by atoms with Gasteiger partial charge in [-0.3, -0.25) is 13.3 Å². The lowest BCUT2D eigenvalue weighted by Crippen LogP contribution is -2.70. The summed E-state index contributed by atoms with van der Waals surface area (Å²) in [6, 6.07) is 13.3. The molecule has 0 radical (unpaired) electrons. The van der Waals surface area contributed by atoms with Gasteiger partial charge in [0, 0.05) is 21.4 Å². The molecule has 4 rings (SSSR count). The van der Waals surface area contributed by atoms with Gasteiger partial charge in [0.2, 0.25) is 5.96 Å². The van der Waals surface area contributed by atoms with E-state index in [1.807, 2.05) is 0 Å². The summed E-state index contributed by atoms with van der Waals surface area (Å²) in [5.74, 6) is -5.88. The van der Waals surface area contributed by atoms with Crippen molar-refractivity contribution < 1.29 is 31.7 Å². The second kappa shape index (κ2) is 9.25. The summed E-state index contributed by atoms with van der Waals surface area (Å²) < 4.78 is 66.9. The van der Waals surface area contributed by atoms with Gasteiger partial charge in [-0.1, -0.05) is 36.4 Å². The SMILES string of the molecule is CC(C)(C)OC(=O)N(C(=O)c1ccccc1)C1=N[C@](C)(c2ccccc2F)C[SH]2(=O)NCC(F)(F)CN12. The average Bonchev–Trinajstić information content (AvgIpc) is 2.79. The number of imide groups is 1. The van der Waals surface area contributed by atoms with Crippen molar-refractivity contribution in [3.63, 3.8) is 0 Å². The second-order valence-corrected chi connectivity index (χ2v) is 12.8. The van der Waals surface area contributed by atoms with Crippen LogP contribution in [-0.4, -0.2) is 61.7 Å². The topological polar surface area (TPSA) is 91.3 Å². The molecule has 0 bridgehead atoms. The molecule has 0 unspecified atom stereocenters. The molecule has 1 atom stereocenters. The van der Waals surface area contributed by atoms with Crippen molar-refractivity contribution in [1.82, 2.24) is 13.9 Å². The fourth-order valence-electron chi connectivity index (χ4n) is 4.28. The van der Waals surface area contributed by atoms with Crippen LogP contribution in [0.1, 0.15) is 43.6 Å². The largest absolute Gasteiger partial charge is 0.443 e. The number of nitrogens with zero attached hydrogens (tertiary/aromatic N) is 3. The summed E-state index contributed by atoms with van der Waals surface area (Å²) in [5, 5.41) is 0. The molecule has 1 N–H and O–H groups in total. The monoisotopic (exact) mass is 538 g/mol. The number of hydrogen-bond donors (Lipinski definition) is 2. The number of amides is 2. The van der Waals surface area contributed by atoms with Crippen molar-refractivity contribution in [2.75, 3.05) is 18.8 Å². The Labute approximate surface area is 214 Å². The Morgan fingerprint density at radius 2 is 1.73 bits per heavy atom. The number of ether oxygens (including phenoxy) is 1. The van der Waals surface area contributed by atoms with Crippen LogP contribution in [0.5, 0.6) is 0 Å². The van der Waals surface area contributed by atoms with Gasteiger partial charge in [0.15, 0.2) is 0 Å². The Morgan fingerprint density at radius 1 is 1.11 bits per heavy atom. The van der Waals surface area contributed by atoms with Crippen molar-refractivity contribution in [2.45, 2.75) is 44.8 Å². The van der Waals surface area contributed by atoms with Gasteiger partial charge >= 0.3 is 6.09 Å². The Bertz CT molecular complexity index is 1300. The van der Waals surface area contributed by atoms with Gasteiger partial charge in [0.1, 0.15) is 17.0 Å². The fraction of sp³-hybridized carbons (Fsp3) is 0.400. The third-order valence-electron chi connectivity index (χ3n) is 5.91. The first-order valence-corrected chi connectivity index (χ1v) is 13.5. The van der Waals surface area contributed by atoms with Crippen LogP contribution < -0.4 is 4.72 Å². The van der Waals surface area contributed by atoms with Gasteiger partial charge in [0.05, 0.1) is 18.8 Å². The van der Waals surface area contributed by atoms with Gasteiger partial charge < -0.3 is 4.74 Å². The molecule has 200 valence electrons. The fourth-order valence-corrected chi connectivity index (χ4v) is 7.15. The molecule has 0 spiro atoms. The quantitative estimate of drug-likeness (QED) is 0.568. The van der Waals surface area contributed by atoms with Crippen LogP contribution in [0, 0.1) is 5.82 Å². The summed E-state index contributed by atoms with van der Waals surface area (Å²) in [5.41, 5.74) is -2.55. The minimum atomic E-state index is -3.93. The number of fused-ring (bicyclic) bond motifs is 1. The molecule has 0 aliphatic carbocycles. The predicted molar refractivity (Wildman–Crippen MR) is 134 cm³/mol. The van der Waals surface area contributed by atoms with Crippen molar-refractivity contribution >= 4 is 28.3 Å². The number of guanidine groups is 1. The summed E-state index contributed by atoms with van der Waals surface area (Å²) in [7, 11) is -3.93. The van der Waals surface area contributed by atoms with Crippen molar-refractivity contribution in [1.29, 1.82) is 0 Å². The highest BCUT2D eigenvalue weighted by Crippen LogP contribution is 2.40. The van der Waals surface area contributed by atoms with Crippen molar-refractivity contribution in [2.24, 2.45) is 4.99 Å². The van der Waals surface area contributed by atoms with E-state index in [0.717, 1.165) is 4.31 Å². The summed E-state index contributed by atoms with van der Waals surface area (Å²) >= 11 is 0. The molecule has 8 nitrogen and oxygen atoms in total. The van der Waals surface area contributed by atoms with Crippen LogP contribution in [-0.2, 0) is 20.6 Å². The maximum atomic E-state index is 14.9. The highest BCUT2D eigenvalue weighted by atomic mass is 32.3. The number of carbonyl (C=O) groups is 2. The summed E-state index contributed by atoms with van der Waals surface area (Å²) in [4.78, 5) is 32.1. The van der Waals surface area contributed by atoms with Crippen LogP contribution >= 0.6 is 0 Å². The molecule has 0 aromatic heterocycles. The molecule has 12 heteroatoms. The molecule has 37 heavy (non-hydrogen) atoms. The summed E-state index contributed by atoms with van der Waals surface area (Å²) in [6.07, 6.45) is -1.20. The Kier molecular flexibility index (Phi) is 6.70. The van der Waals surface area contributed by atoms with E-state index in [0.29, 0.717) is 4.90 Å². The first-order valence-electron chi connectivity index (χ1n) is 11.6. The molecule has 2 aliphatic rings. The van der Waals surface area contributed by atoms with E-state index in [9.17, 15) is 27.0 Å². The highest BCUT2D eigenvalue weighted by Gasteiger charge is 2.53. The van der Waals surface area contributed by atoms with Gasteiger partial charge in [-0.05, 0) is 45.9 Å². The lowest BCUT2D eigenvalue weighted by molar-refractivity contribution is -0.0108. The first-order chi connectivity index (χ1) is 17.1. The molecule has 2 heterocycles. The smallest absolute Gasteiger partial charge is 0.424 e.